The average Bonchev–Trinajstić information content (AvgIpc) is 3.32. The zero-order chi connectivity index (χ0) is 16.4. The first kappa shape index (κ1) is 14.8. The van der Waals surface area contributed by atoms with Crippen LogP contribution in [0.2, 0.25) is 0 Å². The highest BCUT2D eigenvalue weighted by molar-refractivity contribution is 5.69. The van der Waals surface area contributed by atoms with Gasteiger partial charge < -0.3 is 24.4 Å². The molecule has 4 rings (SSSR count). The van der Waals surface area contributed by atoms with Crippen LogP contribution in [0.5, 0.6) is 11.5 Å². The number of aromatic nitrogens is 2. The fourth-order valence-electron chi connectivity index (χ4n) is 2.81. The van der Waals surface area contributed by atoms with E-state index in [-0.39, 0.29) is 12.9 Å². The summed E-state index contributed by atoms with van der Waals surface area (Å²) in [4.78, 5) is 13.1. The van der Waals surface area contributed by atoms with Crippen molar-refractivity contribution < 1.29 is 19.0 Å². The van der Waals surface area contributed by atoms with Crippen LogP contribution in [0.4, 0.5) is 4.79 Å². The molecule has 1 saturated heterocycles. The molecular weight excluding hydrogens is 312 g/mol. The molecule has 8 nitrogen and oxygen atoms in total. The SMILES string of the molecule is O=C1OCCN1CCNCc1cn[nH]c1-c1ccc2c(c1)OCO2. The minimum absolute atomic E-state index is 0.235. The first-order chi connectivity index (χ1) is 11.8. The maximum Gasteiger partial charge on any atom is 0.409 e. The third-order valence-electron chi connectivity index (χ3n) is 4.10. The van der Waals surface area contributed by atoms with Gasteiger partial charge in [0.1, 0.15) is 6.61 Å². The molecule has 1 amide bonds. The lowest BCUT2D eigenvalue weighted by Crippen LogP contribution is -2.32. The van der Waals surface area contributed by atoms with Crippen molar-refractivity contribution >= 4 is 6.09 Å². The van der Waals surface area contributed by atoms with E-state index in [1.807, 2.05) is 18.2 Å². The Kier molecular flexibility index (Phi) is 3.96. The summed E-state index contributed by atoms with van der Waals surface area (Å²) in [6, 6.07) is 5.82. The van der Waals surface area contributed by atoms with Crippen molar-refractivity contribution in [3.8, 4) is 22.8 Å². The molecule has 3 heterocycles. The Morgan fingerprint density at radius 3 is 3.04 bits per heavy atom. The van der Waals surface area contributed by atoms with Gasteiger partial charge in [-0.2, -0.15) is 5.10 Å². The Morgan fingerprint density at radius 1 is 1.25 bits per heavy atom. The summed E-state index contributed by atoms with van der Waals surface area (Å²) in [7, 11) is 0. The molecule has 1 aromatic carbocycles. The van der Waals surface area contributed by atoms with Gasteiger partial charge in [-0.3, -0.25) is 5.10 Å². The van der Waals surface area contributed by atoms with Gasteiger partial charge in [0.05, 0.1) is 18.4 Å². The molecule has 2 N–H and O–H groups in total. The van der Waals surface area contributed by atoms with Gasteiger partial charge in [-0.05, 0) is 18.2 Å². The van der Waals surface area contributed by atoms with E-state index in [1.54, 1.807) is 11.1 Å². The Hall–Kier alpha value is -2.74. The number of hydrogen-bond donors (Lipinski definition) is 2. The van der Waals surface area contributed by atoms with Crippen molar-refractivity contribution in [3.63, 3.8) is 0 Å². The molecule has 1 aromatic heterocycles. The van der Waals surface area contributed by atoms with Gasteiger partial charge in [0.2, 0.25) is 6.79 Å². The molecule has 0 spiro atoms. The van der Waals surface area contributed by atoms with Crippen LogP contribution in [0.1, 0.15) is 5.56 Å². The number of benzene rings is 1. The van der Waals surface area contributed by atoms with Crippen LogP contribution in [-0.2, 0) is 11.3 Å². The van der Waals surface area contributed by atoms with E-state index in [0.717, 1.165) is 28.3 Å². The van der Waals surface area contributed by atoms with Crippen LogP contribution in [-0.4, -0.2) is 54.2 Å². The van der Waals surface area contributed by atoms with Crippen molar-refractivity contribution in [3.05, 3.63) is 30.0 Å². The predicted molar refractivity (Wildman–Crippen MR) is 84.8 cm³/mol. The quantitative estimate of drug-likeness (QED) is 0.777. The molecule has 0 aliphatic carbocycles. The van der Waals surface area contributed by atoms with Crippen LogP contribution in [0.3, 0.4) is 0 Å². The summed E-state index contributed by atoms with van der Waals surface area (Å²) >= 11 is 0. The highest BCUT2D eigenvalue weighted by atomic mass is 16.7. The number of ether oxygens (including phenoxy) is 3. The minimum Gasteiger partial charge on any atom is -0.454 e. The number of nitrogens with zero attached hydrogens (tertiary/aromatic N) is 2. The first-order valence-corrected chi connectivity index (χ1v) is 7.86. The van der Waals surface area contributed by atoms with E-state index < -0.39 is 0 Å². The summed E-state index contributed by atoms with van der Waals surface area (Å²) < 4.78 is 15.7. The molecule has 0 radical (unpaired) electrons. The monoisotopic (exact) mass is 330 g/mol. The summed E-state index contributed by atoms with van der Waals surface area (Å²) in [6.07, 6.45) is 1.57. The standard InChI is InChI=1S/C16H18N4O4/c21-16-20(5-6-22-16)4-3-17-8-12-9-18-19-15(12)11-1-2-13-14(7-11)24-10-23-13/h1-2,7,9,17H,3-6,8,10H2,(H,18,19). The predicted octanol–water partition coefficient (Wildman–Crippen LogP) is 1.35. The zero-order valence-corrected chi connectivity index (χ0v) is 13.1. The van der Waals surface area contributed by atoms with E-state index in [2.05, 4.69) is 15.5 Å². The molecule has 2 aliphatic rings. The molecule has 0 saturated carbocycles. The van der Waals surface area contributed by atoms with Crippen molar-refractivity contribution in [2.75, 3.05) is 33.0 Å². The second-order valence-corrected chi connectivity index (χ2v) is 5.62. The lowest BCUT2D eigenvalue weighted by molar-refractivity contribution is 0.158. The van der Waals surface area contributed by atoms with Crippen molar-refractivity contribution in [2.24, 2.45) is 0 Å². The number of fused-ring (bicyclic) bond motifs is 1. The maximum atomic E-state index is 11.4. The van der Waals surface area contributed by atoms with Crippen LogP contribution in [0, 0.1) is 0 Å². The van der Waals surface area contributed by atoms with E-state index in [0.29, 0.717) is 32.8 Å². The molecular formula is C16H18N4O4. The number of rotatable bonds is 6. The largest absolute Gasteiger partial charge is 0.454 e. The van der Waals surface area contributed by atoms with E-state index >= 15 is 0 Å². The average molecular weight is 330 g/mol. The zero-order valence-electron chi connectivity index (χ0n) is 13.1. The molecule has 2 aliphatic heterocycles. The smallest absolute Gasteiger partial charge is 0.409 e. The van der Waals surface area contributed by atoms with Gasteiger partial charge in [-0.1, -0.05) is 0 Å². The molecule has 0 atom stereocenters. The van der Waals surface area contributed by atoms with E-state index in [9.17, 15) is 4.79 Å². The fraction of sp³-hybridized carbons (Fsp3) is 0.375. The first-order valence-electron chi connectivity index (χ1n) is 7.86. The number of cyclic esters (lactones) is 1. The number of carbonyl (C=O) groups excluding carboxylic acids is 1. The third kappa shape index (κ3) is 2.88. The minimum atomic E-state index is -0.235. The molecule has 2 aromatic rings. The number of nitrogens with one attached hydrogen (secondary N) is 2. The highest BCUT2D eigenvalue weighted by Gasteiger charge is 2.21. The molecule has 1 fully saturated rings. The number of aromatic amines is 1. The van der Waals surface area contributed by atoms with Crippen LogP contribution >= 0.6 is 0 Å². The summed E-state index contributed by atoms with van der Waals surface area (Å²) in [6.45, 7) is 3.39. The van der Waals surface area contributed by atoms with Gasteiger partial charge >= 0.3 is 6.09 Å². The van der Waals surface area contributed by atoms with Gasteiger partial charge in [-0.15, -0.1) is 0 Å². The molecule has 126 valence electrons. The Morgan fingerprint density at radius 2 is 2.17 bits per heavy atom. The summed E-state index contributed by atoms with van der Waals surface area (Å²) in [5.41, 5.74) is 3.00. The molecule has 24 heavy (non-hydrogen) atoms. The lowest BCUT2D eigenvalue weighted by Gasteiger charge is -2.13. The Balaban J connectivity index is 1.37. The van der Waals surface area contributed by atoms with Gasteiger partial charge in [-0.25, -0.2) is 4.79 Å². The third-order valence-corrected chi connectivity index (χ3v) is 4.10. The van der Waals surface area contributed by atoms with Gasteiger partial charge in [0.25, 0.3) is 0 Å². The van der Waals surface area contributed by atoms with Crippen molar-refractivity contribution in [1.82, 2.24) is 20.4 Å². The van der Waals surface area contributed by atoms with Crippen LogP contribution < -0.4 is 14.8 Å². The lowest BCUT2D eigenvalue weighted by atomic mass is 10.1. The molecule has 0 bridgehead atoms. The van der Waals surface area contributed by atoms with Crippen molar-refractivity contribution in [2.45, 2.75) is 6.54 Å². The number of amides is 1. The molecule has 0 unspecified atom stereocenters. The summed E-state index contributed by atoms with van der Waals surface area (Å²) in [5, 5.41) is 10.5. The van der Waals surface area contributed by atoms with E-state index in [4.69, 9.17) is 14.2 Å². The fourth-order valence-corrected chi connectivity index (χ4v) is 2.81. The number of H-pyrrole nitrogens is 1. The molecule has 8 heteroatoms. The van der Waals surface area contributed by atoms with Gasteiger partial charge in [0, 0.05) is 30.8 Å². The Bertz CT molecular complexity index is 745. The van der Waals surface area contributed by atoms with E-state index in [1.165, 1.54) is 0 Å². The van der Waals surface area contributed by atoms with Gasteiger partial charge in [0.15, 0.2) is 11.5 Å². The second kappa shape index (κ2) is 6.40. The maximum absolute atomic E-state index is 11.4. The second-order valence-electron chi connectivity index (χ2n) is 5.62. The summed E-state index contributed by atoms with van der Waals surface area (Å²) in [5.74, 6) is 1.50. The normalized spacial score (nSPS) is 15.8. The highest BCUT2D eigenvalue weighted by Crippen LogP contribution is 2.36. The van der Waals surface area contributed by atoms with Crippen LogP contribution in [0.15, 0.2) is 24.4 Å². The topological polar surface area (TPSA) is 88.7 Å². The van der Waals surface area contributed by atoms with Crippen molar-refractivity contribution in [1.29, 1.82) is 0 Å². The number of hydrogen-bond acceptors (Lipinski definition) is 6. The van der Waals surface area contributed by atoms with Crippen LogP contribution in [0.25, 0.3) is 11.3 Å². The Labute approximate surface area is 138 Å². The number of carbonyl (C=O) groups is 1.